The second-order valence-electron chi connectivity index (χ2n) is 6.94. The van der Waals surface area contributed by atoms with Crippen LogP contribution in [0, 0.1) is 0 Å². The number of hydrogen-bond acceptors (Lipinski definition) is 6. The molecular weight excluding hydrogens is 336 g/mol. The molecule has 0 radical (unpaired) electrons. The lowest BCUT2D eigenvalue weighted by molar-refractivity contribution is 0.127. The summed E-state index contributed by atoms with van der Waals surface area (Å²) in [6, 6.07) is 7.05. The summed E-state index contributed by atoms with van der Waals surface area (Å²) in [5.74, 6) is 1.64. The van der Waals surface area contributed by atoms with Gasteiger partial charge < -0.3 is 23.4 Å². The fourth-order valence-corrected chi connectivity index (χ4v) is 3.66. The second kappa shape index (κ2) is 5.14. The lowest BCUT2D eigenvalue weighted by atomic mass is 9.98. The molecule has 2 aromatic carbocycles. The van der Waals surface area contributed by atoms with Gasteiger partial charge in [0, 0.05) is 18.1 Å². The van der Waals surface area contributed by atoms with Crippen molar-refractivity contribution < 1.29 is 23.4 Å². The summed E-state index contributed by atoms with van der Waals surface area (Å²) in [5.41, 5.74) is 1.37. The molecule has 6 nitrogen and oxygen atoms in total. The third-order valence-corrected chi connectivity index (χ3v) is 5.34. The molecule has 6 heteroatoms. The number of para-hydroxylation sites is 1. The van der Waals surface area contributed by atoms with E-state index < -0.39 is 0 Å². The first-order valence-electron chi connectivity index (χ1n) is 8.50. The van der Waals surface area contributed by atoms with Crippen molar-refractivity contribution in [3.63, 3.8) is 0 Å². The van der Waals surface area contributed by atoms with Gasteiger partial charge >= 0.3 is 0 Å². The van der Waals surface area contributed by atoms with Crippen LogP contribution in [0.4, 0.5) is 0 Å². The Kier molecular flexibility index (Phi) is 3.07. The molecule has 134 valence electrons. The Morgan fingerprint density at radius 2 is 1.92 bits per heavy atom. The third kappa shape index (κ3) is 1.99. The molecule has 0 N–H and O–H groups in total. The fourth-order valence-electron chi connectivity index (χ4n) is 3.66. The molecule has 2 aliphatic rings. The Morgan fingerprint density at radius 1 is 1.15 bits per heavy atom. The lowest BCUT2D eigenvalue weighted by Gasteiger charge is -2.14. The Morgan fingerprint density at radius 3 is 2.62 bits per heavy atom. The van der Waals surface area contributed by atoms with Crippen molar-refractivity contribution in [2.45, 2.75) is 25.0 Å². The van der Waals surface area contributed by atoms with Crippen LogP contribution in [0.5, 0.6) is 17.2 Å². The van der Waals surface area contributed by atoms with Gasteiger partial charge in [0.05, 0.1) is 26.2 Å². The van der Waals surface area contributed by atoms with E-state index in [1.807, 2.05) is 6.92 Å². The van der Waals surface area contributed by atoms with Crippen LogP contribution in [-0.2, 0) is 11.2 Å². The summed E-state index contributed by atoms with van der Waals surface area (Å²) in [6.45, 7) is 2.69. The topological polar surface area (TPSA) is 70.4 Å². The van der Waals surface area contributed by atoms with E-state index in [1.54, 1.807) is 31.4 Å². The number of epoxide rings is 1. The van der Waals surface area contributed by atoms with E-state index in [0.717, 1.165) is 5.56 Å². The van der Waals surface area contributed by atoms with E-state index in [4.69, 9.17) is 23.4 Å². The number of rotatable bonds is 3. The van der Waals surface area contributed by atoms with E-state index in [1.165, 1.54) is 7.11 Å². The molecule has 3 aromatic rings. The van der Waals surface area contributed by atoms with Gasteiger partial charge in [0.2, 0.25) is 5.43 Å². The van der Waals surface area contributed by atoms with Crippen LogP contribution in [0.2, 0.25) is 0 Å². The molecular formula is C20H18O6. The van der Waals surface area contributed by atoms with Crippen molar-refractivity contribution in [2.75, 3.05) is 20.8 Å². The first-order valence-corrected chi connectivity index (χ1v) is 8.50. The molecule has 1 aromatic heterocycles. The van der Waals surface area contributed by atoms with Gasteiger partial charge in [-0.1, -0.05) is 6.07 Å². The maximum Gasteiger partial charge on any atom is 0.204 e. The van der Waals surface area contributed by atoms with Gasteiger partial charge in [0.25, 0.3) is 0 Å². The van der Waals surface area contributed by atoms with Crippen LogP contribution in [0.15, 0.2) is 33.5 Å². The summed E-state index contributed by atoms with van der Waals surface area (Å²) in [6.07, 6.45) is 0.516. The number of ether oxygens (including phenoxy) is 4. The van der Waals surface area contributed by atoms with Crippen LogP contribution in [0.1, 0.15) is 12.5 Å². The van der Waals surface area contributed by atoms with Gasteiger partial charge in [-0.25, -0.2) is 0 Å². The van der Waals surface area contributed by atoms with Gasteiger partial charge in [-0.05, 0) is 19.1 Å². The number of fused-ring (bicyclic) bond motifs is 4. The summed E-state index contributed by atoms with van der Waals surface area (Å²) in [4.78, 5) is 13.2. The van der Waals surface area contributed by atoms with Crippen LogP contribution < -0.4 is 19.6 Å². The van der Waals surface area contributed by atoms with Gasteiger partial charge in [0.15, 0.2) is 11.3 Å². The minimum Gasteiger partial charge on any atom is -0.496 e. The minimum atomic E-state index is -0.284. The first kappa shape index (κ1) is 15.5. The smallest absolute Gasteiger partial charge is 0.204 e. The van der Waals surface area contributed by atoms with E-state index in [9.17, 15) is 4.79 Å². The van der Waals surface area contributed by atoms with Crippen molar-refractivity contribution in [3.8, 4) is 17.2 Å². The van der Waals surface area contributed by atoms with Crippen LogP contribution in [0.25, 0.3) is 21.9 Å². The molecule has 0 amide bonds. The molecule has 0 unspecified atom stereocenters. The number of methoxy groups -OCH3 is 2. The monoisotopic (exact) mass is 354 g/mol. The molecule has 3 heterocycles. The van der Waals surface area contributed by atoms with Crippen molar-refractivity contribution in [1.82, 2.24) is 0 Å². The highest BCUT2D eigenvalue weighted by Crippen LogP contribution is 2.46. The largest absolute Gasteiger partial charge is 0.496 e. The zero-order chi connectivity index (χ0) is 18.1. The highest BCUT2D eigenvalue weighted by Gasteiger charge is 2.51. The van der Waals surface area contributed by atoms with E-state index >= 15 is 0 Å². The standard InChI is InChI=1S/C20H18O6/c1-20(9-24-20)15-7-11-13(25-15)8-14(23-3)16-17(21)10-5-4-6-12(22-2)18(10)26-19(11)16/h4-6,8,15H,7,9H2,1-3H3/t15-,20+/m1/s1. The molecule has 1 saturated heterocycles. The average Bonchev–Trinajstić information content (AvgIpc) is 3.25. The quantitative estimate of drug-likeness (QED) is 0.532. The highest BCUT2D eigenvalue weighted by molar-refractivity contribution is 5.97. The third-order valence-electron chi connectivity index (χ3n) is 5.34. The predicted octanol–water partition coefficient (Wildman–Crippen LogP) is 3.06. The van der Waals surface area contributed by atoms with Gasteiger partial charge in [0.1, 0.15) is 34.2 Å². The Hall–Kier alpha value is -2.73. The van der Waals surface area contributed by atoms with E-state index in [2.05, 4.69) is 0 Å². The number of hydrogen-bond donors (Lipinski definition) is 0. The zero-order valence-electron chi connectivity index (χ0n) is 14.8. The number of benzene rings is 2. The van der Waals surface area contributed by atoms with Gasteiger partial charge in [-0.2, -0.15) is 0 Å². The van der Waals surface area contributed by atoms with E-state index in [0.29, 0.717) is 52.2 Å². The van der Waals surface area contributed by atoms with E-state index in [-0.39, 0.29) is 17.1 Å². The molecule has 26 heavy (non-hydrogen) atoms. The van der Waals surface area contributed by atoms with Gasteiger partial charge in [-0.3, -0.25) is 4.79 Å². The SMILES string of the molecule is COc1cccc2c(=O)c3c(OC)cc4c(c3oc12)C[C@H]([C@]1(C)CO1)O4. The summed E-state index contributed by atoms with van der Waals surface area (Å²) in [5, 5.41) is 0.890. The van der Waals surface area contributed by atoms with Crippen LogP contribution in [-0.4, -0.2) is 32.5 Å². The Labute approximate surface area is 149 Å². The second-order valence-corrected chi connectivity index (χ2v) is 6.94. The average molecular weight is 354 g/mol. The first-order chi connectivity index (χ1) is 12.6. The summed E-state index contributed by atoms with van der Waals surface area (Å²) < 4.78 is 28.7. The molecule has 0 aliphatic carbocycles. The van der Waals surface area contributed by atoms with Crippen LogP contribution >= 0.6 is 0 Å². The maximum absolute atomic E-state index is 13.2. The molecule has 0 spiro atoms. The summed E-state index contributed by atoms with van der Waals surface area (Å²) >= 11 is 0. The maximum atomic E-state index is 13.2. The Bertz CT molecular complexity index is 1110. The van der Waals surface area contributed by atoms with Crippen molar-refractivity contribution in [2.24, 2.45) is 0 Å². The Balaban J connectivity index is 1.85. The van der Waals surface area contributed by atoms with Gasteiger partial charge in [-0.15, -0.1) is 0 Å². The molecule has 0 bridgehead atoms. The highest BCUT2D eigenvalue weighted by atomic mass is 16.6. The van der Waals surface area contributed by atoms with Crippen molar-refractivity contribution >= 4 is 21.9 Å². The molecule has 2 atom stereocenters. The molecule has 1 fully saturated rings. The summed E-state index contributed by atoms with van der Waals surface area (Å²) in [7, 11) is 3.09. The predicted molar refractivity (Wildman–Crippen MR) is 95.6 cm³/mol. The van der Waals surface area contributed by atoms with Crippen molar-refractivity contribution in [3.05, 3.63) is 40.1 Å². The fraction of sp³-hybridized carbons (Fsp3) is 0.350. The van der Waals surface area contributed by atoms with Crippen LogP contribution in [0.3, 0.4) is 0 Å². The minimum absolute atomic E-state index is 0.105. The molecule has 2 aliphatic heterocycles. The zero-order valence-corrected chi connectivity index (χ0v) is 14.8. The van der Waals surface area contributed by atoms with Crippen molar-refractivity contribution in [1.29, 1.82) is 0 Å². The lowest BCUT2D eigenvalue weighted by Crippen LogP contribution is -2.30. The normalized spacial score (nSPS) is 23.7. The molecule has 5 rings (SSSR count). The molecule has 0 saturated carbocycles.